The lowest BCUT2D eigenvalue weighted by molar-refractivity contribution is 0.102. The second-order valence-corrected chi connectivity index (χ2v) is 5.42. The van der Waals surface area contributed by atoms with Crippen LogP contribution in [0.2, 0.25) is 0 Å². The summed E-state index contributed by atoms with van der Waals surface area (Å²) in [6.07, 6.45) is 0. The number of anilines is 1. The van der Waals surface area contributed by atoms with Crippen LogP contribution >= 0.6 is 0 Å². The average Bonchev–Trinajstić information content (AvgIpc) is 2.59. The SMILES string of the molecule is Cc1ccc(O)c(NC(=O)c2ccc(=O)n(-c3ccc(F)cc3)n2)c1. The zero-order valence-electron chi connectivity index (χ0n) is 13.2. The minimum atomic E-state index is -0.586. The number of benzene rings is 2. The molecule has 3 aromatic rings. The predicted molar refractivity (Wildman–Crippen MR) is 90.6 cm³/mol. The van der Waals surface area contributed by atoms with Crippen molar-refractivity contribution in [2.24, 2.45) is 0 Å². The summed E-state index contributed by atoms with van der Waals surface area (Å²) in [6, 6.07) is 12.4. The Morgan fingerprint density at radius 2 is 1.84 bits per heavy atom. The van der Waals surface area contributed by atoms with Gasteiger partial charge in [-0.15, -0.1) is 0 Å². The van der Waals surface area contributed by atoms with Crippen LogP contribution in [0.5, 0.6) is 5.75 Å². The molecule has 0 aliphatic rings. The fraction of sp³-hybridized carbons (Fsp3) is 0.0556. The number of aromatic hydroxyl groups is 1. The number of amides is 1. The minimum Gasteiger partial charge on any atom is -0.506 e. The van der Waals surface area contributed by atoms with Crippen molar-refractivity contribution in [3.63, 3.8) is 0 Å². The van der Waals surface area contributed by atoms with E-state index >= 15 is 0 Å². The Morgan fingerprint density at radius 3 is 2.56 bits per heavy atom. The van der Waals surface area contributed by atoms with Crippen LogP contribution in [0, 0.1) is 12.7 Å². The van der Waals surface area contributed by atoms with E-state index in [1.165, 1.54) is 42.5 Å². The van der Waals surface area contributed by atoms with Crippen LogP contribution in [0.4, 0.5) is 10.1 Å². The smallest absolute Gasteiger partial charge is 0.276 e. The van der Waals surface area contributed by atoms with Gasteiger partial charge >= 0.3 is 0 Å². The van der Waals surface area contributed by atoms with Gasteiger partial charge < -0.3 is 10.4 Å². The third kappa shape index (κ3) is 3.55. The number of nitrogens with zero attached hydrogens (tertiary/aromatic N) is 2. The third-order valence-electron chi connectivity index (χ3n) is 3.50. The number of hydrogen-bond donors (Lipinski definition) is 2. The molecular weight excluding hydrogens is 325 g/mol. The van der Waals surface area contributed by atoms with Crippen molar-refractivity contribution in [2.45, 2.75) is 6.92 Å². The van der Waals surface area contributed by atoms with E-state index in [1.807, 2.05) is 6.92 Å². The van der Waals surface area contributed by atoms with Gasteiger partial charge in [0.15, 0.2) is 0 Å². The first-order valence-corrected chi connectivity index (χ1v) is 7.41. The van der Waals surface area contributed by atoms with Crippen molar-refractivity contribution in [3.8, 4) is 11.4 Å². The Balaban J connectivity index is 1.94. The highest BCUT2D eigenvalue weighted by molar-refractivity contribution is 6.03. The predicted octanol–water partition coefficient (Wildman–Crippen LogP) is 2.64. The van der Waals surface area contributed by atoms with Gasteiger partial charge in [0.2, 0.25) is 0 Å². The molecule has 2 N–H and O–H groups in total. The van der Waals surface area contributed by atoms with Gasteiger partial charge in [0.25, 0.3) is 11.5 Å². The molecule has 3 rings (SSSR count). The second-order valence-electron chi connectivity index (χ2n) is 5.42. The Bertz CT molecular complexity index is 997. The van der Waals surface area contributed by atoms with Crippen LogP contribution in [0.1, 0.15) is 16.1 Å². The van der Waals surface area contributed by atoms with E-state index in [-0.39, 0.29) is 17.1 Å². The monoisotopic (exact) mass is 339 g/mol. The third-order valence-corrected chi connectivity index (χ3v) is 3.50. The molecule has 1 aromatic heterocycles. The standard InChI is InChI=1S/C18H14FN3O3/c1-11-2-8-16(23)15(10-11)20-18(25)14-7-9-17(24)22(21-14)13-5-3-12(19)4-6-13/h2-10,23H,1H3,(H,20,25). The van der Waals surface area contributed by atoms with Crippen LogP contribution in [-0.4, -0.2) is 20.8 Å². The molecule has 7 heteroatoms. The van der Waals surface area contributed by atoms with Crippen LogP contribution in [0.3, 0.4) is 0 Å². The fourth-order valence-electron chi connectivity index (χ4n) is 2.24. The number of nitrogens with one attached hydrogen (secondary N) is 1. The number of hydrogen-bond acceptors (Lipinski definition) is 4. The Morgan fingerprint density at radius 1 is 1.12 bits per heavy atom. The second kappa shape index (κ2) is 6.56. The normalized spacial score (nSPS) is 10.5. The summed E-state index contributed by atoms with van der Waals surface area (Å²) in [5.74, 6) is -1.11. The van der Waals surface area contributed by atoms with E-state index in [0.29, 0.717) is 5.69 Å². The highest BCUT2D eigenvalue weighted by Gasteiger charge is 2.13. The molecule has 126 valence electrons. The molecule has 1 amide bonds. The first-order chi connectivity index (χ1) is 11.9. The molecule has 0 saturated heterocycles. The minimum absolute atomic E-state index is 0.0233. The van der Waals surface area contributed by atoms with Crippen molar-refractivity contribution < 1.29 is 14.3 Å². The number of aryl methyl sites for hydroxylation is 1. The van der Waals surface area contributed by atoms with Crippen molar-refractivity contribution in [3.05, 3.63) is 82.0 Å². The van der Waals surface area contributed by atoms with Gasteiger partial charge in [-0.3, -0.25) is 9.59 Å². The summed E-state index contributed by atoms with van der Waals surface area (Å²) < 4.78 is 14.0. The average molecular weight is 339 g/mol. The lowest BCUT2D eigenvalue weighted by Crippen LogP contribution is -2.24. The Labute approximate surface area is 142 Å². The summed E-state index contributed by atoms with van der Waals surface area (Å²) in [5.41, 5.74) is 0.953. The molecule has 6 nitrogen and oxygen atoms in total. The molecule has 1 heterocycles. The van der Waals surface area contributed by atoms with E-state index in [4.69, 9.17) is 0 Å². The van der Waals surface area contributed by atoms with Crippen LogP contribution in [0.15, 0.2) is 59.4 Å². The zero-order valence-corrected chi connectivity index (χ0v) is 13.2. The molecule has 2 aromatic carbocycles. The van der Waals surface area contributed by atoms with E-state index in [1.54, 1.807) is 12.1 Å². The topological polar surface area (TPSA) is 84.2 Å². The number of aromatic nitrogens is 2. The molecule has 0 bridgehead atoms. The fourth-order valence-corrected chi connectivity index (χ4v) is 2.24. The maximum absolute atomic E-state index is 13.0. The molecule has 0 atom stereocenters. The molecule has 0 radical (unpaired) electrons. The molecule has 0 aliphatic carbocycles. The van der Waals surface area contributed by atoms with Gasteiger partial charge in [-0.05, 0) is 55.0 Å². The number of phenolic OH excluding ortho intramolecular Hbond substituents is 1. The van der Waals surface area contributed by atoms with Crippen molar-refractivity contribution in [1.82, 2.24) is 9.78 Å². The Hall–Kier alpha value is -3.48. The van der Waals surface area contributed by atoms with Gasteiger partial charge in [0, 0.05) is 6.07 Å². The van der Waals surface area contributed by atoms with Crippen molar-refractivity contribution >= 4 is 11.6 Å². The highest BCUT2D eigenvalue weighted by atomic mass is 19.1. The van der Waals surface area contributed by atoms with Crippen molar-refractivity contribution in [1.29, 1.82) is 0 Å². The summed E-state index contributed by atoms with van der Waals surface area (Å²) >= 11 is 0. The Kier molecular flexibility index (Phi) is 4.30. The van der Waals surface area contributed by atoms with Crippen LogP contribution < -0.4 is 10.9 Å². The number of carbonyl (C=O) groups is 1. The van der Waals surface area contributed by atoms with Gasteiger partial charge in [-0.2, -0.15) is 9.78 Å². The highest BCUT2D eigenvalue weighted by Crippen LogP contribution is 2.24. The summed E-state index contributed by atoms with van der Waals surface area (Å²) in [7, 11) is 0. The summed E-state index contributed by atoms with van der Waals surface area (Å²) in [4.78, 5) is 24.3. The maximum Gasteiger partial charge on any atom is 0.276 e. The van der Waals surface area contributed by atoms with Crippen LogP contribution in [-0.2, 0) is 0 Å². The first kappa shape index (κ1) is 16.4. The summed E-state index contributed by atoms with van der Waals surface area (Å²) in [6.45, 7) is 1.82. The zero-order chi connectivity index (χ0) is 18.0. The van der Waals surface area contributed by atoms with Gasteiger partial charge in [-0.1, -0.05) is 6.07 Å². The van der Waals surface area contributed by atoms with E-state index < -0.39 is 17.3 Å². The number of halogens is 1. The lowest BCUT2D eigenvalue weighted by atomic mass is 10.2. The molecule has 0 unspecified atom stereocenters. The van der Waals surface area contributed by atoms with E-state index in [0.717, 1.165) is 10.2 Å². The summed E-state index contributed by atoms with van der Waals surface area (Å²) in [5, 5.41) is 16.4. The number of phenols is 1. The quantitative estimate of drug-likeness (QED) is 0.719. The molecule has 0 fully saturated rings. The largest absolute Gasteiger partial charge is 0.506 e. The van der Waals surface area contributed by atoms with Crippen LogP contribution in [0.25, 0.3) is 5.69 Å². The molecule has 25 heavy (non-hydrogen) atoms. The van der Waals surface area contributed by atoms with E-state index in [9.17, 15) is 19.1 Å². The van der Waals surface area contributed by atoms with Gasteiger partial charge in [-0.25, -0.2) is 4.39 Å². The molecule has 0 saturated carbocycles. The van der Waals surface area contributed by atoms with Gasteiger partial charge in [0.1, 0.15) is 17.3 Å². The number of carbonyl (C=O) groups excluding carboxylic acids is 1. The molecule has 0 spiro atoms. The molecule has 0 aliphatic heterocycles. The molecular formula is C18H14FN3O3. The number of rotatable bonds is 3. The van der Waals surface area contributed by atoms with E-state index in [2.05, 4.69) is 10.4 Å². The first-order valence-electron chi connectivity index (χ1n) is 7.41. The van der Waals surface area contributed by atoms with Crippen molar-refractivity contribution in [2.75, 3.05) is 5.32 Å². The van der Waals surface area contributed by atoms with Gasteiger partial charge in [0.05, 0.1) is 11.4 Å². The maximum atomic E-state index is 13.0. The lowest BCUT2D eigenvalue weighted by Gasteiger charge is -2.09.